The molecule has 0 saturated carbocycles. The Bertz CT molecular complexity index is 2020. The summed E-state index contributed by atoms with van der Waals surface area (Å²) in [6, 6.07) is -2.26. The molecule has 5 atom stereocenters. The third-order valence-corrected chi connectivity index (χ3v) is 16.0. The number of rotatable bonds is 30. The molecule has 0 fully saturated rings. The molecule has 27 heteroatoms. The van der Waals surface area contributed by atoms with Gasteiger partial charge in [0.1, 0.15) is 30.2 Å². The summed E-state index contributed by atoms with van der Waals surface area (Å²) in [5.74, 6) is -9.88. The SMILES string of the molecule is CC(C)(C)[Si](F)(c1ccc(C(=O)NCC(N)C(=O)NC(CN)C(=O)NCCC(=O)NCCC(=O)NCCCC(NC(=O)CC[C@H](NC(=O)N[C@@H](CCC(=O)O)C(=O)O)C(=O)O)C(=O)O)cc1)C(C)(C)C. The highest BCUT2D eigenvalue weighted by Gasteiger charge is 2.56. The minimum Gasteiger partial charge on any atom is -0.481 e. The number of hydrogen-bond donors (Lipinski definition) is 14. The molecule has 25 nitrogen and oxygen atoms in total. The molecule has 3 unspecified atom stereocenters. The van der Waals surface area contributed by atoms with E-state index >= 15 is 4.11 Å². The molecule has 392 valence electrons. The standard InChI is InChI=1S/C43H69FN10O15Si/c1-42(2,3)70(44,43(4,5)6)25-11-9-24(10-12-25)35(60)50-23-26(46)36(61)52-30(22-45)37(62)49-21-18-32(56)48-20-17-31(55)47-19-7-8-27(38(63)64)51-33(57)15-13-28(39(65)66)53-41(69)54-29(40(67)68)14-16-34(58)59/h9-12,26-30H,7-8,13-23,45-46H2,1-6H3,(H,47,55)(H,48,56)(H,49,62)(H,50,60)(H,51,57)(H,52,61)(H,58,59)(H,63,64)(H,65,66)(H,67,68)(H2,53,54,69)/t26?,27?,28-,29-,30?/m0/s1. The van der Waals surface area contributed by atoms with Gasteiger partial charge >= 0.3 is 29.9 Å². The Morgan fingerprint density at radius 1 is 0.571 bits per heavy atom. The van der Waals surface area contributed by atoms with E-state index in [0.29, 0.717) is 5.19 Å². The van der Waals surface area contributed by atoms with Gasteiger partial charge in [-0.3, -0.25) is 33.6 Å². The number of carbonyl (C=O) groups is 11. The predicted molar refractivity (Wildman–Crippen MR) is 251 cm³/mol. The quantitative estimate of drug-likeness (QED) is 0.0231. The topological polar surface area (TPSA) is 417 Å². The second-order valence-corrected chi connectivity index (χ2v) is 23.2. The Labute approximate surface area is 405 Å². The van der Waals surface area contributed by atoms with Crippen LogP contribution in [0.3, 0.4) is 0 Å². The van der Waals surface area contributed by atoms with Gasteiger partial charge in [0, 0.05) is 64.0 Å². The molecule has 1 rings (SSSR count). The number of halogens is 1. The summed E-state index contributed by atoms with van der Waals surface area (Å²) < 4.78 is 16.6. The van der Waals surface area contributed by atoms with Gasteiger partial charge in [-0.2, -0.15) is 0 Å². The third kappa shape index (κ3) is 20.9. The first-order valence-corrected chi connectivity index (χ1v) is 24.2. The Morgan fingerprint density at radius 3 is 1.51 bits per heavy atom. The molecule has 1 aromatic rings. The van der Waals surface area contributed by atoms with E-state index < -0.39 is 140 Å². The number of hydrogen-bond acceptors (Lipinski definition) is 13. The minimum absolute atomic E-state index is 0.0185. The molecule has 0 aromatic heterocycles. The molecule has 0 heterocycles. The lowest BCUT2D eigenvalue weighted by molar-refractivity contribution is -0.142. The molecule has 0 spiro atoms. The summed E-state index contributed by atoms with van der Waals surface area (Å²) in [5, 5.41) is 54.7. The summed E-state index contributed by atoms with van der Waals surface area (Å²) in [4.78, 5) is 133. The van der Waals surface area contributed by atoms with Crippen molar-refractivity contribution in [3.63, 3.8) is 0 Å². The summed E-state index contributed by atoms with van der Waals surface area (Å²) in [7, 11) is -3.55. The van der Waals surface area contributed by atoms with Crippen molar-refractivity contribution < 1.29 is 77.3 Å². The number of amides is 8. The van der Waals surface area contributed by atoms with Gasteiger partial charge in [-0.05, 0) is 53.1 Å². The second kappa shape index (κ2) is 28.7. The van der Waals surface area contributed by atoms with Crippen molar-refractivity contribution >= 4 is 78.9 Å². The maximum Gasteiger partial charge on any atom is 0.326 e. The summed E-state index contributed by atoms with van der Waals surface area (Å²) >= 11 is 0. The lowest BCUT2D eigenvalue weighted by Gasteiger charge is -2.44. The number of aliphatic carboxylic acids is 4. The zero-order chi connectivity index (χ0) is 53.6. The number of nitrogens with two attached hydrogens (primary N) is 2. The van der Waals surface area contributed by atoms with E-state index in [4.69, 9.17) is 21.7 Å². The number of carboxylic acids is 4. The van der Waals surface area contributed by atoms with Crippen LogP contribution < -0.4 is 59.2 Å². The van der Waals surface area contributed by atoms with Crippen molar-refractivity contribution in [2.45, 2.75) is 133 Å². The van der Waals surface area contributed by atoms with Crippen LogP contribution in [0.15, 0.2) is 24.3 Å². The molecule has 0 radical (unpaired) electrons. The van der Waals surface area contributed by atoms with Gasteiger partial charge < -0.3 is 78.5 Å². The average molecular weight is 1010 g/mol. The molecular weight excluding hydrogens is 944 g/mol. The fourth-order valence-electron chi connectivity index (χ4n) is 7.14. The Hall–Kier alpha value is -6.74. The normalized spacial score (nSPS) is 13.7. The van der Waals surface area contributed by atoms with Crippen molar-refractivity contribution in [3.05, 3.63) is 29.8 Å². The van der Waals surface area contributed by atoms with E-state index in [0.717, 1.165) is 0 Å². The van der Waals surface area contributed by atoms with Crippen LogP contribution in [0.2, 0.25) is 10.1 Å². The van der Waals surface area contributed by atoms with Crippen LogP contribution in [0.1, 0.15) is 103 Å². The van der Waals surface area contributed by atoms with Crippen molar-refractivity contribution in [3.8, 4) is 0 Å². The highest BCUT2D eigenvalue weighted by atomic mass is 28.4. The van der Waals surface area contributed by atoms with Crippen molar-refractivity contribution in [1.82, 2.24) is 42.5 Å². The fourth-order valence-corrected chi connectivity index (χ4v) is 11.7. The molecule has 16 N–H and O–H groups in total. The number of carbonyl (C=O) groups excluding carboxylic acids is 7. The highest BCUT2D eigenvalue weighted by Crippen LogP contribution is 2.51. The molecule has 0 aliphatic carbocycles. The number of benzene rings is 1. The molecule has 0 saturated heterocycles. The maximum atomic E-state index is 16.6. The first-order valence-electron chi connectivity index (χ1n) is 22.4. The zero-order valence-corrected chi connectivity index (χ0v) is 41.2. The van der Waals surface area contributed by atoms with Crippen molar-refractivity contribution in [1.29, 1.82) is 0 Å². The van der Waals surface area contributed by atoms with Gasteiger partial charge in [0.2, 0.25) is 29.5 Å². The molecule has 70 heavy (non-hydrogen) atoms. The maximum absolute atomic E-state index is 16.6. The fraction of sp³-hybridized carbons (Fsp3) is 0.605. The van der Waals surface area contributed by atoms with Gasteiger partial charge in [0.25, 0.3) is 14.3 Å². The van der Waals surface area contributed by atoms with Crippen LogP contribution in [0.5, 0.6) is 0 Å². The molecule has 0 aliphatic rings. The average Bonchev–Trinajstić information content (AvgIpc) is 3.26. The van der Waals surface area contributed by atoms with Gasteiger partial charge in [-0.1, -0.05) is 53.7 Å². The minimum atomic E-state index is -3.55. The van der Waals surface area contributed by atoms with E-state index in [2.05, 4.69) is 31.9 Å². The van der Waals surface area contributed by atoms with Crippen LogP contribution in [0.25, 0.3) is 0 Å². The molecular formula is C43H69FN10O15Si. The lowest BCUT2D eigenvalue weighted by Crippen LogP contribution is -2.58. The summed E-state index contributed by atoms with van der Waals surface area (Å²) in [6.45, 7) is 10.3. The second-order valence-electron chi connectivity index (χ2n) is 18.3. The van der Waals surface area contributed by atoms with Crippen LogP contribution in [-0.4, -0.2) is 157 Å². The number of urea groups is 1. The third-order valence-electron chi connectivity index (χ3n) is 10.8. The van der Waals surface area contributed by atoms with E-state index in [1.807, 2.05) is 52.2 Å². The van der Waals surface area contributed by atoms with Crippen LogP contribution in [0.4, 0.5) is 8.90 Å². The summed E-state index contributed by atoms with van der Waals surface area (Å²) in [6.07, 6.45) is -2.63. The van der Waals surface area contributed by atoms with Crippen LogP contribution in [0, 0.1) is 0 Å². The van der Waals surface area contributed by atoms with Gasteiger partial charge in [0.05, 0.1) is 0 Å². The Balaban J connectivity index is 2.44. The Kier molecular flexibility index (Phi) is 25.1. The first kappa shape index (κ1) is 61.3. The van der Waals surface area contributed by atoms with E-state index in [1.54, 1.807) is 12.1 Å². The molecule has 8 amide bonds. The number of carboxylic acid groups (broad SMARTS) is 4. The largest absolute Gasteiger partial charge is 0.481 e. The summed E-state index contributed by atoms with van der Waals surface area (Å²) in [5.41, 5.74) is 11.9. The van der Waals surface area contributed by atoms with Crippen LogP contribution >= 0.6 is 0 Å². The van der Waals surface area contributed by atoms with E-state index in [1.165, 1.54) is 12.1 Å². The van der Waals surface area contributed by atoms with Gasteiger partial charge in [0.15, 0.2) is 0 Å². The molecule has 1 aromatic carbocycles. The highest BCUT2D eigenvalue weighted by molar-refractivity contribution is 6.90. The van der Waals surface area contributed by atoms with E-state index in [9.17, 15) is 63.0 Å². The predicted octanol–water partition coefficient (Wildman–Crippen LogP) is -1.76. The molecule has 0 bridgehead atoms. The van der Waals surface area contributed by atoms with Crippen molar-refractivity contribution in [2.75, 3.05) is 32.7 Å². The first-order chi connectivity index (χ1) is 32.4. The number of nitrogens with one attached hydrogen (secondary N) is 8. The zero-order valence-electron chi connectivity index (χ0n) is 40.2. The van der Waals surface area contributed by atoms with E-state index in [-0.39, 0.29) is 64.0 Å². The monoisotopic (exact) mass is 1010 g/mol. The molecule has 0 aliphatic heterocycles. The lowest BCUT2D eigenvalue weighted by atomic mass is 10.1. The van der Waals surface area contributed by atoms with Crippen LogP contribution in [-0.2, 0) is 43.2 Å². The smallest absolute Gasteiger partial charge is 0.326 e. The van der Waals surface area contributed by atoms with Crippen molar-refractivity contribution in [2.24, 2.45) is 11.5 Å². The van der Waals surface area contributed by atoms with Gasteiger partial charge in [-0.15, -0.1) is 0 Å². The Morgan fingerprint density at radius 2 is 1.04 bits per heavy atom. The van der Waals surface area contributed by atoms with Gasteiger partial charge in [-0.25, -0.2) is 19.2 Å².